The first-order chi connectivity index (χ1) is 13.4. The van der Waals surface area contributed by atoms with Crippen LogP contribution in [0.3, 0.4) is 0 Å². The minimum atomic E-state index is -0.360. The lowest BCUT2D eigenvalue weighted by atomic mass is 10.3. The summed E-state index contributed by atoms with van der Waals surface area (Å²) in [5.41, 5.74) is 0. The number of halogens is 3. The molecule has 3 rings (SSSR count). The van der Waals surface area contributed by atoms with Gasteiger partial charge in [-0.05, 0) is 30.3 Å². The first-order valence-corrected chi connectivity index (χ1v) is 9.48. The number of nitrogens with two attached hydrogens (primary N) is 1. The van der Waals surface area contributed by atoms with Gasteiger partial charge in [0.05, 0.1) is 15.8 Å². The lowest BCUT2D eigenvalue weighted by Gasteiger charge is -2.07. The van der Waals surface area contributed by atoms with E-state index < -0.39 is 0 Å². The van der Waals surface area contributed by atoms with Gasteiger partial charge >= 0.3 is 0 Å². The van der Waals surface area contributed by atoms with Gasteiger partial charge in [-0.15, -0.1) is 10.2 Å². The molecule has 2 aromatic heterocycles. The molecule has 3 aromatic rings. The Balaban J connectivity index is 1.53. The molecule has 0 aliphatic heterocycles. The van der Waals surface area contributed by atoms with Crippen LogP contribution in [0.4, 0.5) is 10.2 Å². The lowest BCUT2D eigenvalue weighted by molar-refractivity contribution is -0.113. The Morgan fingerprint density at radius 3 is 2.75 bits per heavy atom. The molecule has 0 saturated heterocycles. The standard InChI is InChI=1S/C16H13Cl2FN6O2S/c17-9-5-12(18)15(21-6-9)22-14(26)8-28-16-24-23-13(25(16)20)7-27-11-3-1-10(19)2-4-11/h1-6H,7-8,20H2,(H,21,22,26). The summed E-state index contributed by atoms with van der Waals surface area (Å²) in [7, 11) is 0. The molecule has 28 heavy (non-hydrogen) atoms. The topological polar surface area (TPSA) is 108 Å². The van der Waals surface area contributed by atoms with Gasteiger partial charge < -0.3 is 15.9 Å². The van der Waals surface area contributed by atoms with Gasteiger partial charge in [0.2, 0.25) is 11.1 Å². The zero-order valence-electron chi connectivity index (χ0n) is 14.1. The van der Waals surface area contributed by atoms with Crippen molar-refractivity contribution in [1.29, 1.82) is 0 Å². The predicted molar refractivity (Wildman–Crippen MR) is 105 cm³/mol. The zero-order valence-corrected chi connectivity index (χ0v) is 16.4. The number of benzene rings is 1. The monoisotopic (exact) mass is 442 g/mol. The van der Waals surface area contributed by atoms with Crippen molar-refractivity contribution in [3.63, 3.8) is 0 Å². The summed E-state index contributed by atoms with van der Waals surface area (Å²) < 4.78 is 19.6. The van der Waals surface area contributed by atoms with Crippen molar-refractivity contribution in [2.75, 3.05) is 16.9 Å². The second-order valence-corrected chi connectivity index (χ2v) is 7.12. The second-order valence-electron chi connectivity index (χ2n) is 5.33. The highest BCUT2D eigenvalue weighted by Gasteiger charge is 2.14. The number of nitrogens with one attached hydrogen (secondary N) is 1. The number of hydrogen-bond acceptors (Lipinski definition) is 7. The highest BCUT2D eigenvalue weighted by molar-refractivity contribution is 7.99. The summed E-state index contributed by atoms with van der Waals surface area (Å²) in [6.07, 6.45) is 1.38. The molecule has 0 aliphatic carbocycles. The smallest absolute Gasteiger partial charge is 0.236 e. The maximum atomic E-state index is 12.9. The van der Waals surface area contributed by atoms with Crippen LogP contribution in [0.1, 0.15) is 5.82 Å². The molecule has 0 spiro atoms. The van der Waals surface area contributed by atoms with E-state index in [9.17, 15) is 9.18 Å². The quantitative estimate of drug-likeness (QED) is 0.427. The molecule has 0 radical (unpaired) electrons. The van der Waals surface area contributed by atoms with Crippen molar-refractivity contribution in [2.24, 2.45) is 0 Å². The normalized spacial score (nSPS) is 10.7. The molecule has 8 nitrogen and oxygen atoms in total. The molecule has 1 amide bonds. The number of carbonyl (C=O) groups is 1. The molecular formula is C16H13Cl2FN6O2S. The molecule has 2 heterocycles. The van der Waals surface area contributed by atoms with Gasteiger partial charge in [-0.1, -0.05) is 35.0 Å². The largest absolute Gasteiger partial charge is 0.486 e. The summed E-state index contributed by atoms with van der Waals surface area (Å²) in [6, 6.07) is 7.02. The number of pyridine rings is 1. The van der Waals surface area contributed by atoms with Crippen LogP contribution in [0.15, 0.2) is 41.7 Å². The van der Waals surface area contributed by atoms with E-state index in [-0.39, 0.29) is 34.9 Å². The number of hydrogen-bond donors (Lipinski definition) is 2. The van der Waals surface area contributed by atoms with E-state index in [4.69, 9.17) is 33.8 Å². The third kappa shape index (κ3) is 5.24. The van der Waals surface area contributed by atoms with Gasteiger partial charge in [0.15, 0.2) is 11.6 Å². The van der Waals surface area contributed by atoms with Gasteiger partial charge in [-0.25, -0.2) is 14.1 Å². The Labute approximate surface area is 173 Å². The number of anilines is 1. The summed E-state index contributed by atoms with van der Waals surface area (Å²) in [5, 5.41) is 11.3. The fraction of sp³-hybridized carbons (Fsp3) is 0.125. The minimum absolute atomic E-state index is 0.00872. The van der Waals surface area contributed by atoms with Crippen LogP contribution >= 0.6 is 35.0 Å². The van der Waals surface area contributed by atoms with Crippen LogP contribution in [0, 0.1) is 5.82 Å². The molecule has 3 N–H and O–H groups in total. The third-order valence-corrected chi connectivity index (χ3v) is 4.75. The van der Waals surface area contributed by atoms with E-state index in [0.29, 0.717) is 21.8 Å². The van der Waals surface area contributed by atoms with Gasteiger partial charge in [0.25, 0.3) is 0 Å². The van der Waals surface area contributed by atoms with E-state index in [2.05, 4.69) is 20.5 Å². The van der Waals surface area contributed by atoms with E-state index >= 15 is 0 Å². The van der Waals surface area contributed by atoms with Crippen LogP contribution in [0.25, 0.3) is 0 Å². The molecular weight excluding hydrogens is 430 g/mol. The molecule has 0 atom stereocenters. The van der Waals surface area contributed by atoms with Crippen molar-refractivity contribution >= 4 is 46.7 Å². The molecule has 0 aliphatic rings. The second kappa shape index (κ2) is 9.09. The minimum Gasteiger partial charge on any atom is -0.486 e. The molecule has 0 bridgehead atoms. The van der Waals surface area contributed by atoms with Crippen LogP contribution < -0.4 is 15.9 Å². The molecule has 0 unspecified atom stereocenters. The number of aromatic nitrogens is 4. The fourth-order valence-corrected chi connectivity index (χ4v) is 3.09. The Morgan fingerprint density at radius 1 is 1.29 bits per heavy atom. The van der Waals surface area contributed by atoms with Crippen LogP contribution in [0.5, 0.6) is 5.75 Å². The molecule has 146 valence electrons. The Bertz CT molecular complexity index is 986. The van der Waals surface area contributed by atoms with Crippen molar-refractivity contribution in [3.8, 4) is 5.75 Å². The van der Waals surface area contributed by atoms with Crippen molar-refractivity contribution in [3.05, 3.63) is 58.2 Å². The zero-order chi connectivity index (χ0) is 20.1. The summed E-state index contributed by atoms with van der Waals surface area (Å²) in [4.78, 5) is 16.0. The SMILES string of the molecule is Nn1c(COc2ccc(F)cc2)nnc1SCC(=O)Nc1ncc(Cl)cc1Cl. The first-order valence-electron chi connectivity index (χ1n) is 7.74. The molecule has 0 saturated carbocycles. The maximum absolute atomic E-state index is 12.9. The van der Waals surface area contributed by atoms with Gasteiger partial charge in [-0.3, -0.25) is 4.79 Å². The number of ether oxygens (including phenoxy) is 1. The first kappa shape index (κ1) is 20.2. The number of nitrogens with zero attached hydrogens (tertiary/aromatic N) is 4. The number of thioether (sulfide) groups is 1. The molecule has 12 heteroatoms. The Hall–Kier alpha value is -2.56. The average Bonchev–Trinajstić information content (AvgIpc) is 3.02. The van der Waals surface area contributed by atoms with Crippen LogP contribution in [-0.4, -0.2) is 31.5 Å². The Morgan fingerprint density at radius 2 is 2.04 bits per heavy atom. The van der Waals surface area contributed by atoms with Crippen molar-refractivity contribution < 1.29 is 13.9 Å². The fourth-order valence-electron chi connectivity index (χ4n) is 1.99. The molecule has 1 aromatic carbocycles. The highest BCUT2D eigenvalue weighted by atomic mass is 35.5. The van der Waals surface area contributed by atoms with Crippen molar-refractivity contribution in [2.45, 2.75) is 11.8 Å². The number of nitrogen functional groups attached to an aromatic ring is 1. The van der Waals surface area contributed by atoms with E-state index in [1.165, 1.54) is 41.2 Å². The number of amides is 1. The summed E-state index contributed by atoms with van der Waals surface area (Å²) >= 11 is 12.8. The summed E-state index contributed by atoms with van der Waals surface area (Å²) in [5.74, 6) is 6.23. The maximum Gasteiger partial charge on any atom is 0.236 e. The van der Waals surface area contributed by atoms with Gasteiger partial charge in [0.1, 0.15) is 18.2 Å². The van der Waals surface area contributed by atoms with Gasteiger partial charge in [0, 0.05) is 6.20 Å². The average molecular weight is 443 g/mol. The molecule has 0 fully saturated rings. The van der Waals surface area contributed by atoms with Crippen LogP contribution in [-0.2, 0) is 11.4 Å². The highest BCUT2D eigenvalue weighted by Crippen LogP contribution is 2.23. The summed E-state index contributed by atoms with van der Waals surface area (Å²) in [6.45, 7) is 0.0339. The number of carbonyl (C=O) groups excluding carboxylic acids is 1. The Kier molecular flexibility index (Phi) is 6.55. The van der Waals surface area contributed by atoms with Crippen LogP contribution in [0.2, 0.25) is 10.0 Å². The lowest BCUT2D eigenvalue weighted by Crippen LogP contribution is -2.18. The van der Waals surface area contributed by atoms with Gasteiger partial charge in [-0.2, -0.15) is 0 Å². The van der Waals surface area contributed by atoms with E-state index in [1.54, 1.807) is 0 Å². The van der Waals surface area contributed by atoms with E-state index in [0.717, 1.165) is 11.8 Å². The third-order valence-electron chi connectivity index (χ3n) is 3.31. The predicted octanol–water partition coefficient (Wildman–Crippen LogP) is 3.14. The van der Waals surface area contributed by atoms with Crippen molar-refractivity contribution in [1.82, 2.24) is 19.9 Å². The van der Waals surface area contributed by atoms with E-state index in [1.807, 2.05) is 0 Å². The number of rotatable bonds is 7.